The summed E-state index contributed by atoms with van der Waals surface area (Å²) in [7, 11) is 4.36. The maximum atomic E-state index is 2.74. The van der Waals surface area contributed by atoms with Crippen LogP contribution in [0.1, 0.15) is 40.5 Å². The lowest BCUT2D eigenvalue weighted by Crippen LogP contribution is -2.47. The summed E-state index contributed by atoms with van der Waals surface area (Å²) in [6.45, 7) is 10.6. The van der Waals surface area contributed by atoms with E-state index in [4.69, 9.17) is 0 Å². The van der Waals surface area contributed by atoms with E-state index in [1.54, 1.807) is 0 Å². The standard InChI is InChI=1S/C13H28N2/c1-10(2)13-8-7-12(9-14(5)6)15(13)11(3)4/h10-13H,7-9H2,1-6H3. The average molecular weight is 212 g/mol. The van der Waals surface area contributed by atoms with Crippen LogP contribution in [-0.2, 0) is 0 Å². The molecule has 0 bridgehead atoms. The highest BCUT2D eigenvalue weighted by Gasteiger charge is 2.36. The first-order valence-electron chi connectivity index (χ1n) is 6.35. The van der Waals surface area contributed by atoms with E-state index in [1.165, 1.54) is 19.4 Å². The van der Waals surface area contributed by atoms with Crippen LogP contribution in [-0.4, -0.2) is 48.6 Å². The van der Waals surface area contributed by atoms with Gasteiger partial charge in [0.25, 0.3) is 0 Å². The van der Waals surface area contributed by atoms with E-state index in [-0.39, 0.29) is 0 Å². The van der Waals surface area contributed by atoms with Crippen molar-refractivity contribution in [3.05, 3.63) is 0 Å². The van der Waals surface area contributed by atoms with Gasteiger partial charge in [0.1, 0.15) is 0 Å². The maximum absolute atomic E-state index is 2.74. The molecule has 0 aliphatic carbocycles. The molecule has 0 aromatic heterocycles. The van der Waals surface area contributed by atoms with Crippen molar-refractivity contribution in [3.63, 3.8) is 0 Å². The highest BCUT2D eigenvalue weighted by molar-refractivity contribution is 4.91. The van der Waals surface area contributed by atoms with Gasteiger partial charge in [0.05, 0.1) is 0 Å². The Labute approximate surface area is 95.6 Å². The van der Waals surface area contributed by atoms with Crippen molar-refractivity contribution in [1.29, 1.82) is 0 Å². The van der Waals surface area contributed by atoms with Crippen LogP contribution in [0.5, 0.6) is 0 Å². The molecule has 1 aliphatic heterocycles. The lowest BCUT2D eigenvalue weighted by atomic mass is 10.0. The first kappa shape index (κ1) is 13.0. The number of hydrogen-bond donors (Lipinski definition) is 0. The second-order valence-electron chi connectivity index (χ2n) is 5.85. The second-order valence-corrected chi connectivity index (χ2v) is 5.85. The molecule has 0 aromatic carbocycles. The maximum Gasteiger partial charge on any atom is 0.0229 e. The molecule has 1 fully saturated rings. The minimum absolute atomic E-state index is 0.685. The molecule has 2 nitrogen and oxygen atoms in total. The van der Waals surface area contributed by atoms with E-state index < -0.39 is 0 Å². The number of hydrogen-bond acceptors (Lipinski definition) is 2. The summed E-state index contributed by atoms with van der Waals surface area (Å²) in [5.41, 5.74) is 0. The van der Waals surface area contributed by atoms with Crippen LogP contribution in [0.15, 0.2) is 0 Å². The molecule has 0 amide bonds. The van der Waals surface area contributed by atoms with Gasteiger partial charge in [-0.05, 0) is 46.7 Å². The normalized spacial score (nSPS) is 28.6. The van der Waals surface area contributed by atoms with Crippen LogP contribution in [0.25, 0.3) is 0 Å². The van der Waals surface area contributed by atoms with Crippen LogP contribution >= 0.6 is 0 Å². The van der Waals surface area contributed by atoms with Gasteiger partial charge >= 0.3 is 0 Å². The SMILES string of the molecule is CC(C)C1CCC(CN(C)C)N1C(C)C. The largest absolute Gasteiger partial charge is 0.308 e. The van der Waals surface area contributed by atoms with Gasteiger partial charge in [-0.2, -0.15) is 0 Å². The van der Waals surface area contributed by atoms with Gasteiger partial charge in [-0.15, -0.1) is 0 Å². The fourth-order valence-electron chi connectivity index (χ4n) is 3.02. The molecular formula is C13H28N2. The zero-order valence-electron chi connectivity index (χ0n) is 11.3. The molecule has 0 saturated carbocycles. The van der Waals surface area contributed by atoms with E-state index in [0.29, 0.717) is 6.04 Å². The van der Waals surface area contributed by atoms with Crippen LogP contribution in [0.2, 0.25) is 0 Å². The van der Waals surface area contributed by atoms with Crippen molar-refractivity contribution in [1.82, 2.24) is 9.80 Å². The van der Waals surface area contributed by atoms with Crippen molar-refractivity contribution >= 4 is 0 Å². The summed E-state index contributed by atoms with van der Waals surface area (Å²) in [6, 6.07) is 2.26. The van der Waals surface area contributed by atoms with Gasteiger partial charge < -0.3 is 4.90 Å². The molecule has 0 N–H and O–H groups in total. The Kier molecular flexibility index (Phi) is 4.60. The third-order valence-corrected chi connectivity index (χ3v) is 3.54. The van der Waals surface area contributed by atoms with Crippen molar-refractivity contribution in [2.24, 2.45) is 5.92 Å². The average Bonchev–Trinajstić information content (AvgIpc) is 2.46. The fraction of sp³-hybridized carbons (Fsp3) is 1.00. The van der Waals surface area contributed by atoms with Crippen LogP contribution in [0.4, 0.5) is 0 Å². The monoisotopic (exact) mass is 212 g/mol. The van der Waals surface area contributed by atoms with Gasteiger partial charge in [-0.3, -0.25) is 4.90 Å². The molecule has 2 unspecified atom stereocenters. The Hall–Kier alpha value is -0.0800. The summed E-state index contributed by atoms with van der Waals surface area (Å²) in [4.78, 5) is 5.06. The summed E-state index contributed by atoms with van der Waals surface area (Å²) < 4.78 is 0. The Morgan fingerprint density at radius 3 is 2.13 bits per heavy atom. The minimum Gasteiger partial charge on any atom is -0.308 e. The zero-order chi connectivity index (χ0) is 11.6. The van der Waals surface area contributed by atoms with Crippen molar-refractivity contribution < 1.29 is 0 Å². The number of likely N-dealkylation sites (tertiary alicyclic amines) is 1. The molecule has 0 aromatic rings. The molecule has 2 heteroatoms. The molecule has 90 valence electrons. The molecular weight excluding hydrogens is 184 g/mol. The smallest absolute Gasteiger partial charge is 0.0229 e. The summed E-state index contributed by atoms with van der Waals surface area (Å²) in [5.74, 6) is 0.791. The number of rotatable bonds is 4. The minimum atomic E-state index is 0.685. The highest BCUT2D eigenvalue weighted by Crippen LogP contribution is 2.31. The van der Waals surface area contributed by atoms with E-state index in [0.717, 1.165) is 18.0 Å². The Balaban J connectivity index is 2.66. The van der Waals surface area contributed by atoms with E-state index >= 15 is 0 Å². The topological polar surface area (TPSA) is 6.48 Å². The first-order chi connectivity index (χ1) is 6.93. The summed E-state index contributed by atoms with van der Waals surface area (Å²) in [5, 5.41) is 0. The van der Waals surface area contributed by atoms with Gasteiger partial charge in [0, 0.05) is 24.7 Å². The van der Waals surface area contributed by atoms with Gasteiger partial charge in [-0.1, -0.05) is 13.8 Å². The zero-order valence-corrected chi connectivity index (χ0v) is 11.3. The first-order valence-corrected chi connectivity index (χ1v) is 6.35. The van der Waals surface area contributed by atoms with Gasteiger partial charge in [0.2, 0.25) is 0 Å². The summed E-state index contributed by atoms with van der Waals surface area (Å²) >= 11 is 0. The molecule has 15 heavy (non-hydrogen) atoms. The molecule has 1 aliphatic rings. The van der Waals surface area contributed by atoms with Crippen LogP contribution < -0.4 is 0 Å². The number of nitrogens with zero attached hydrogens (tertiary/aromatic N) is 2. The molecule has 0 radical (unpaired) electrons. The Morgan fingerprint density at radius 1 is 1.13 bits per heavy atom. The molecule has 2 atom stereocenters. The Bertz CT molecular complexity index is 187. The Morgan fingerprint density at radius 2 is 1.73 bits per heavy atom. The molecule has 1 saturated heterocycles. The fourth-order valence-corrected chi connectivity index (χ4v) is 3.02. The lowest BCUT2D eigenvalue weighted by molar-refractivity contribution is 0.103. The predicted octanol–water partition coefficient (Wildman–Crippen LogP) is 2.45. The van der Waals surface area contributed by atoms with E-state index in [9.17, 15) is 0 Å². The molecule has 0 spiro atoms. The van der Waals surface area contributed by atoms with Crippen LogP contribution in [0.3, 0.4) is 0 Å². The third-order valence-electron chi connectivity index (χ3n) is 3.54. The lowest BCUT2D eigenvalue weighted by Gasteiger charge is -2.36. The van der Waals surface area contributed by atoms with Gasteiger partial charge in [-0.25, -0.2) is 0 Å². The van der Waals surface area contributed by atoms with Crippen molar-refractivity contribution in [3.8, 4) is 0 Å². The van der Waals surface area contributed by atoms with Crippen LogP contribution in [0, 0.1) is 5.92 Å². The highest BCUT2D eigenvalue weighted by atomic mass is 15.3. The number of likely N-dealkylation sites (N-methyl/N-ethyl adjacent to an activating group) is 1. The predicted molar refractivity (Wildman–Crippen MR) is 67.2 cm³/mol. The second kappa shape index (κ2) is 5.31. The quantitative estimate of drug-likeness (QED) is 0.706. The molecule has 1 heterocycles. The molecule has 1 rings (SSSR count). The van der Waals surface area contributed by atoms with E-state index in [1.807, 2.05) is 0 Å². The van der Waals surface area contributed by atoms with Crippen molar-refractivity contribution in [2.75, 3.05) is 20.6 Å². The third kappa shape index (κ3) is 3.18. The summed E-state index contributed by atoms with van der Waals surface area (Å²) in [6.07, 6.45) is 2.76. The van der Waals surface area contributed by atoms with Gasteiger partial charge in [0.15, 0.2) is 0 Å². The van der Waals surface area contributed by atoms with E-state index in [2.05, 4.69) is 51.6 Å². The van der Waals surface area contributed by atoms with Crippen molar-refractivity contribution in [2.45, 2.75) is 58.7 Å².